The van der Waals surface area contributed by atoms with Crippen molar-refractivity contribution in [3.63, 3.8) is 0 Å². The molecule has 0 aliphatic rings. The number of nitrogens with zero attached hydrogens (tertiary/aromatic N) is 11. The molecule has 112 heavy (non-hydrogen) atoms. The van der Waals surface area contributed by atoms with Crippen LogP contribution in [0.2, 0.25) is 0 Å². The van der Waals surface area contributed by atoms with Gasteiger partial charge in [-0.3, -0.25) is 24.9 Å². The molecule has 11 aromatic carbocycles. The maximum Gasteiger partial charge on any atom is 0.0963 e. The van der Waals surface area contributed by atoms with Gasteiger partial charge in [-0.2, -0.15) is 0 Å². The van der Waals surface area contributed by atoms with Crippen molar-refractivity contribution in [2.45, 2.75) is 0 Å². The maximum absolute atomic E-state index is 5.49. The van der Waals surface area contributed by atoms with Crippen molar-refractivity contribution in [3.05, 3.63) is 383 Å². The lowest BCUT2D eigenvalue weighted by Gasteiger charge is -2.14. The summed E-state index contributed by atoms with van der Waals surface area (Å²) in [5.41, 5.74) is 32.1. The van der Waals surface area contributed by atoms with Crippen molar-refractivity contribution in [2.75, 3.05) is 0 Å². The Bertz CT molecular complexity index is 7410. The molecule has 0 N–H and O–H groups in total. The highest BCUT2D eigenvalue weighted by molar-refractivity contribution is 6.17. The van der Waals surface area contributed by atoms with E-state index in [1.807, 2.05) is 85.6 Å². The molecular weight excluding hydrogens is 1370 g/mol. The zero-order valence-electron chi connectivity index (χ0n) is 60.3. The quantitative estimate of drug-likeness (QED) is 0.113. The van der Waals surface area contributed by atoms with Gasteiger partial charge in [-0.25, -0.2) is 9.97 Å². The average molecular weight is 1430 g/mol. The lowest BCUT2D eigenvalue weighted by Crippen LogP contribution is -1.98. The molecule has 0 spiro atoms. The molecule has 0 saturated carbocycles. The molecule has 11 nitrogen and oxygen atoms in total. The van der Waals surface area contributed by atoms with E-state index in [9.17, 15) is 0 Å². The van der Waals surface area contributed by atoms with E-state index in [2.05, 4.69) is 316 Å². The van der Waals surface area contributed by atoms with Crippen LogP contribution in [0.15, 0.2) is 383 Å². The summed E-state index contributed by atoms with van der Waals surface area (Å²) in [6, 6.07) is 125. The summed E-state index contributed by atoms with van der Waals surface area (Å²) in [5, 5.41) is 6.91. The molecule has 22 aromatic rings. The molecule has 11 heterocycles. The maximum atomic E-state index is 5.49. The Hall–Kier alpha value is -15.3. The van der Waals surface area contributed by atoms with Crippen LogP contribution >= 0.6 is 0 Å². The van der Waals surface area contributed by atoms with E-state index >= 15 is 0 Å². The molecule has 11 aromatic heterocycles. The second kappa shape index (κ2) is 26.3. The van der Waals surface area contributed by atoms with E-state index in [1.54, 1.807) is 0 Å². The minimum Gasteiger partial charge on any atom is -0.309 e. The number of hydrogen-bond donors (Lipinski definition) is 0. The smallest absolute Gasteiger partial charge is 0.0963 e. The van der Waals surface area contributed by atoms with Crippen LogP contribution < -0.4 is 0 Å². The van der Waals surface area contributed by atoms with Crippen LogP contribution in [0.3, 0.4) is 0 Å². The topological polar surface area (TPSA) is 110 Å². The van der Waals surface area contributed by atoms with Crippen molar-refractivity contribution in [1.82, 2.24) is 53.2 Å². The standard InChI is InChI=1S/C101H63N11/c1-2-21-73(22-3-1)111-92-35-6-4-24-79(92)81-28-15-26-77(100(81)111)66-43-49-83-96(62-66)110(95-38-19-55-105-98(83)95)75-47-41-65(42-48-75)70-60-90(88-32-10-13-53-104-88)108-91(61-70)89-34-17-33-87(107-89)68-20-14-23-76(59-68)112-93-36-7-5-25-80(93)82-29-16-27-78(101(82)112)67-44-50-84-97(63-67)109(94-37-18-54-106-99(84)94)74-45-39-64(40-46-74)69-56-71(85-30-8-11-51-102-85)58-72(57-69)86-31-9-12-52-103-86/h1-63H. The molecule has 0 saturated heterocycles. The Morgan fingerprint density at radius 1 is 0.170 bits per heavy atom. The molecule has 0 radical (unpaired) electrons. The van der Waals surface area contributed by atoms with Gasteiger partial charge >= 0.3 is 0 Å². The number of pyridine rings is 7. The van der Waals surface area contributed by atoms with Crippen LogP contribution in [0.25, 0.3) is 211 Å². The SMILES string of the molecule is c1ccc(-n2c3ccccc3c3cccc(-c4ccc5c6ncccc6n(-c6ccc(-c7cc(-c8ccccn8)nc(-c8cccc(-c9cccc(-n%10c%11ccccc%11c%11cccc(-c%12ccc%13c%14ncccc%14n(-c%14ccc(-c%15cc(-c%16ccccn%16)cc(-c%16ccccn%16)c%15)cc%14)c%13c%12)c%11%10)c9)n8)c7)cc6)c5c4)c32)cc1. The fourth-order valence-corrected chi connectivity index (χ4v) is 17.0. The van der Waals surface area contributed by atoms with Crippen LogP contribution in [0.4, 0.5) is 0 Å². The molecule has 0 amide bonds. The molecule has 522 valence electrons. The first-order chi connectivity index (χ1) is 55.5. The van der Waals surface area contributed by atoms with Gasteiger partial charge in [0.15, 0.2) is 0 Å². The second-order valence-corrected chi connectivity index (χ2v) is 28.4. The van der Waals surface area contributed by atoms with Gasteiger partial charge in [0, 0.05) is 114 Å². The number of rotatable bonds is 13. The van der Waals surface area contributed by atoms with Crippen molar-refractivity contribution in [2.24, 2.45) is 0 Å². The first kappa shape index (κ1) is 63.9. The first-order valence-electron chi connectivity index (χ1n) is 37.6. The zero-order chi connectivity index (χ0) is 73.7. The molecule has 0 fully saturated rings. The minimum atomic E-state index is 0.733. The summed E-state index contributed by atoms with van der Waals surface area (Å²) in [5.74, 6) is 0. The highest BCUT2D eigenvalue weighted by atomic mass is 15.0. The lowest BCUT2D eigenvalue weighted by molar-refractivity contribution is 1.17. The zero-order valence-corrected chi connectivity index (χ0v) is 60.3. The predicted octanol–water partition coefficient (Wildman–Crippen LogP) is 24.8. The summed E-state index contributed by atoms with van der Waals surface area (Å²) >= 11 is 0. The van der Waals surface area contributed by atoms with E-state index in [1.165, 1.54) is 27.2 Å². The highest BCUT2D eigenvalue weighted by Crippen LogP contribution is 2.45. The van der Waals surface area contributed by atoms with Crippen LogP contribution in [0.1, 0.15) is 0 Å². The van der Waals surface area contributed by atoms with Gasteiger partial charge in [0.05, 0.1) is 95.0 Å². The molecule has 22 rings (SSSR count). The number of aromatic nitrogens is 11. The van der Waals surface area contributed by atoms with Crippen molar-refractivity contribution >= 4 is 87.5 Å². The van der Waals surface area contributed by atoms with E-state index < -0.39 is 0 Å². The third-order valence-electron chi connectivity index (χ3n) is 22.0. The van der Waals surface area contributed by atoms with E-state index in [-0.39, 0.29) is 0 Å². The first-order valence-corrected chi connectivity index (χ1v) is 37.6. The van der Waals surface area contributed by atoms with Crippen LogP contribution in [-0.2, 0) is 0 Å². The second-order valence-electron chi connectivity index (χ2n) is 28.4. The minimum absolute atomic E-state index is 0.733. The van der Waals surface area contributed by atoms with E-state index in [0.29, 0.717) is 0 Å². The Morgan fingerprint density at radius 2 is 0.571 bits per heavy atom. The molecule has 0 aliphatic heterocycles. The summed E-state index contributed by atoms with van der Waals surface area (Å²) in [4.78, 5) is 35.2. The fourth-order valence-electron chi connectivity index (χ4n) is 17.0. The van der Waals surface area contributed by atoms with E-state index in [0.717, 1.165) is 184 Å². The molecule has 0 unspecified atom stereocenters. The molecule has 0 aliphatic carbocycles. The van der Waals surface area contributed by atoms with E-state index in [4.69, 9.17) is 34.9 Å². The normalized spacial score (nSPS) is 11.8. The van der Waals surface area contributed by atoms with Crippen molar-refractivity contribution < 1.29 is 0 Å². The Kier molecular flexibility index (Phi) is 15.0. The average Bonchev–Trinajstić information content (AvgIpc) is 1.57. The summed E-state index contributed by atoms with van der Waals surface area (Å²) in [7, 11) is 0. The van der Waals surface area contributed by atoms with Gasteiger partial charge in [-0.15, -0.1) is 0 Å². The largest absolute Gasteiger partial charge is 0.309 e. The summed E-state index contributed by atoms with van der Waals surface area (Å²) in [6.45, 7) is 0. The van der Waals surface area contributed by atoms with Gasteiger partial charge in [0.25, 0.3) is 0 Å². The Morgan fingerprint density at radius 3 is 1.12 bits per heavy atom. The fraction of sp³-hybridized carbons (Fsp3) is 0. The van der Waals surface area contributed by atoms with Gasteiger partial charge in [-0.05, 0) is 221 Å². The third kappa shape index (κ3) is 10.7. The van der Waals surface area contributed by atoms with Gasteiger partial charge in [-0.1, -0.05) is 164 Å². The number of para-hydroxylation sites is 5. The number of fused-ring (bicyclic) bond motifs is 12. The lowest BCUT2D eigenvalue weighted by atomic mass is 9.96. The summed E-state index contributed by atoms with van der Waals surface area (Å²) < 4.78 is 9.54. The van der Waals surface area contributed by atoms with Gasteiger partial charge in [0.2, 0.25) is 0 Å². The van der Waals surface area contributed by atoms with Crippen LogP contribution in [0, 0.1) is 0 Å². The van der Waals surface area contributed by atoms with Crippen molar-refractivity contribution in [1.29, 1.82) is 0 Å². The predicted molar refractivity (Wildman–Crippen MR) is 457 cm³/mol. The van der Waals surface area contributed by atoms with Gasteiger partial charge < -0.3 is 18.3 Å². The van der Waals surface area contributed by atoms with Crippen molar-refractivity contribution in [3.8, 4) is 124 Å². The highest BCUT2D eigenvalue weighted by Gasteiger charge is 2.24. The Balaban J connectivity index is 0.617. The van der Waals surface area contributed by atoms with Crippen LogP contribution in [0.5, 0.6) is 0 Å². The monoisotopic (exact) mass is 1430 g/mol. The number of hydrogen-bond acceptors (Lipinski definition) is 7. The summed E-state index contributed by atoms with van der Waals surface area (Å²) in [6.07, 6.45) is 9.28. The molecule has 0 atom stereocenters. The van der Waals surface area contributed by atoms with Crippen LogP contribution in [-0.4, -0.2) is 53.2 Å². The molecule has 0 bridgehead atoms. The molecule has 11 heteroatoms. The molecular formula is C101H63N11. The Labute approximate surface area is 643 Å². The van der Waals surface area contributed by atoms with Gasteiger partial charge in [0.1, 0.15) is 0 Å². The number of benzene rings is 11. The third-order valence-corrected chi connectivity index (χ3v) is 22.0.